The van der Waals surface area contributed by atoms with E-state index in [-0.39, 0.29) is 0 Å². The van der Waals surface area contributed by atoms with Crippen LogP contribution in [0.15, 0.2) is 42.6 Å². The van der Waals surface area contributed by atoms with Gasteiger partial charge in [-0.05, 0) is 36.4 Å². The molecule has 14 heavy (non-hydrogen) atoms. The van der Waals surface area contributed by atoms with Crippen molar-refractivity contribution in [3.05, 3.63) is 48.1 Å². The fraction of sp³-hybridized carbons (Fsp3) is 0. The van der Waals surface area contributed by atoms with E-state index in [1.165, 1.54) is 0 Å². The zero-order chi connectivity index (χ0) is 9.97. The Morgan fingerprint density at radius 2 is 1.86 bits per heavy atom. The van der Waals surface area contributed by atoms with Gasteiger partial charge in [-0.3, -0.25) is 5.41 Å². The molecule has 1 heterocycles. The Bertz CT molecular complexity index is 484. The first-order valence-corrected chi connectivity index (χ1v) is 4.22. The van der Waals surface area contributed by atoms with Gasteiger partial charge in [0.05, 0.1) is 5.69 Å². The molecule has 0 atom stereocenters. The summed E-state index contributed by atoms with van der Waals surface area (Å²) in [5.74, 6) is 0. The standard InChI is InChI=1S/C10H10N4/c11-8-3-5-9(6-4-8)14-10(12)2-1-7-13-14/h1-7,12H,11H2. The van der Waals surface area contributed by atoms with Crippen LogP contribution in [0.25, 0.3) is 5.69 Å². The summed E-state index contributed by atoms with van der Waals surface area (Å²) < 4.78 is 1.54. The van der Waals surface area contributed by atoms with Crippen LogP contribution in [0.4, 0.5) is 5.69 Å². The number of nitrogens with one attached hydrogen (secondary N) is 1. The molecular formula is C10H10N4. The van der Waals surface area contributed by atoms with E-state index >= 15 is 0 Å². The second-order valence-electron chi connectivity index (χ2n) is 2.91. The number of nitrogens with zero attached hydrogens (tertiary/aromatic N) is 2. The molecule has 70 valence electrons. The maximum absolute atomic E-state index is 7.63. The number of anilines is 1. The maximum Gasteiger partial charge on any atom is 0.146 e. The molecule has 3 N–H and O–H groups in total. The molecule has 2 aromatic rings. The zero-order valence-corrected chi connectivity index (χ0v) is 7.51. The average molecular weight is 186 g/mol. The van der Waals surface area contributed by atoms with Crippen molar-refractivity contribution >= 4 is 5.69 Å². The summed E-state index contributed by atoms with van der Waals surface area (Å²) in [5, 5.41) is 11.7. The molecule has 0 unspecified atom stereocenters. The third kappa shape index (κ3) is 1.50. The fourth-order valence-electron chi connectivity index (χ4n) is 1.19. The second kappa shape index (κ2) is 3.33. The van der Waals surface area contributed by atoms with Gasteiger partial charge in [-0.25, -0.2) is 4.68 Å². The summed E-state index contributed by atoms with van der Waals surface area (Å²) in [5.41, 5.74) is 7.45. The summed E-state index contributed by atoms with van der Waals surface area (Å²) in [7, 11) is 0. The van der Waals surface area contributed by atoms with Gasteiger partial charge in [-0.15, -0.1) is 0 Å². The van der Waals surface area contributed by atoms with Crippen LogP contribution in [0.3, 0.4) is 0 Å². The summed E-state index contributed by atoms with van der Waals surface area (Å²) >= 11 is 0. The molecule has 0 saturated carbocycles. The topological polar surface area (TPSA) is 67.7 Å². The quantitative estimate of drug-likeness (QED) is 0.650. The molecule has 0 aliphatic rings. The van der Waals surface area contributed by atoms with Gasteiger partial charge in [-0.2, -0.15) is 5.10 Å². The summed E-state index contributed by atoms with van der Waals surface area (Å²) in [6.45, 7) is 0. The molecule has 0 amide bonds. The Hall–Kier alpha value is -2.10. The smallest absolute Gasteiger partial charge is 0.146 e. The highest BCUT2D eigenvalue weighted by atomic mass is 15.3. The van der Waals surface area contributed by atoms with Crippen molar-refractivity contribution in [1.29, 1.82) is 5.41 Å². The van der Waals surface area contributed by atoms with E-state index in [0.29, 0.717) is 11.2 Å². The lowest BCUT2D eigenvalue weighted by atomic mass is 10.3. The van der Waals surface area contributed by atoms with Gasteiger partial charge in [0.25, 0.3) is 0 Å². The molecule has 4 heteroatoms. The third-order valence-corrected chi connectivity index (χ3v) is 1.89. The summed E-state index contributed by atoms with van der Waals surface area (Å²) in [4.78, 5) is 0. The van der Waals surface area contributed by atoms with Gasteiger partial charge in [0.2, 0.25) is 0 Å². The maximum atomic E-state index is 7.63. The minimum absolute atomic E-state index is 0.345. The molecule has 0 fully saturated rings. The first-order valence-electron chi connectivity index (χ1n) is 4.22. The SMILES string of the molecule is N=c1cccnn1-c1ccc(N)cc1. The van der Waals surface area contributed by atoms with Gasteiger partial charge in [0.1, 0.15) is 5.49 Å². The lowest BCUT2D eigenvalue weighted by molar-refractivity contribution is 0.773. The monoisotopic (exact) mass is 186 g/mol. The van der Waals surface area contributed by atoms with Crippen molar-refractivity contribution in [3.8, 4) is 5.69 Å². The van der Waals surface area contributed by atoms with Crippen LogP contribution in [0.1, 0.15) is 0 Å². The van der Waals surface area contributed by atoms with Crippen LogP contribution < -0.4 is 11.2 Å². The Balaban J connectivity index is 2.56. The van der Waals surface area contributed by atoms with E-state index < -0.39 is 0 Å². The van der Waals surface area contributed by atoms with Crippen molar-refractivity contribution in [2.24, 2.45) is 0 Å². The highest BCUT2D eigenvalue weighted by Gasteiger charge is 1.95. The number of hydrogen-bond acceptors (Lipinski definition) is 3. The predicted molar refractivity (Wildman–Crippen MR) is 53.8 cm³/mol. The number of aromatic nitrogens is 2. The van der Waals surface area contributed by atoms with Crippen molar-refractivity contribution in [1.82, 2.24) is 9.78 Å². The minimum Gasteiger partial charge on any atom is -0.399 e. The molecule has 0 radical (unpaired) electrons. The summed E-state index contributed by atoms with van der Waals surface area (Å²) in [6.07, 6.45) is 1.65. The molecule has 4 nitrogen and oxygen atoms in total. The molecule has 0 aliphatic carbocycles. The van der Waals surface area contributed by atoms with Crippen molar-refractivity contribution in [2.75, 3.05) is 5.73 Å². The molecular weight excluding hydrogens is 176 g/mol. The van der Waals surface area contributed by atoms with Crippen LogP contribution in [-0.2, 0) is 0 Å². The number of rotatable bonds is 1. The zero-order valence-electron chi connectivity index (χ0n) is 7.51. The van der Waals surface area contributed by atoms with E-state index in [1.54, 1.807) is 35.1 Å². The molecule has 0 bridgehead atoms. The van der Waals surface area contributed by atoms with Gasteiger partial charge < -0.3 is 5.73 Å². The van der Waals surface area contributed by atoms with Crippen molar-refractivity contribution < 1.29 is 0 Å². The largest absolute Gasteiger partial charge is 0.399 e. The average Bonchev–Trinajstić information content (AvgIpc) is 2.20. The molecule has 0 aliphatic heterocycles. The Kier molecular flexibility index (Phi) is 2.02. The van der Waals surface area contributed by atoms with Gasteiger partial charge in [0, 0.05) is 11.9 Å². The molecule has 0 spiro atoms. The molecule has 0 saturated heterocycles. The minimum atomic E-state index is 0.345. The van der Waals surface area contributed by atoms with E-state index in [9.17, 15) is 0 Å². The molecule has 1 aromatic carbocycles. The predicted octanol–water partition coefficient (Wildman–Crippen LogP) is 0.934. The van der Waals surface area contributed by atoms with E-state index in [0.717, 1.165) is 5.69 Å². The van der Waals surface area contributed by atoms with Gasteiger partial charge in [-0.1, -0.05) is 0 Å². The number of nitrogens with two attached hydrogens (primary N) is 1. The molecule has 1 aromatic heterocycles. The first kappa shape index (κ1) is 8.50. The number of nitrogen functional groups attached to an aromatic ring is 1. The Morgan fingerprint density at radius 1 is 1.14 bits per heavy atom. The molecule has 2 rings (SSSR count). The Labute approximate surface area is 81.1 Å². The van der Waals surface area contributed by atoms with Gasteiger partial charge in [0.15, 0.2) is 0 Å². The van der Waals surface area contributed by atoms with Gasteiger partial charge >= 0.3 is 0 Å². The van der Waals surface area contributed by atoms with Crippen LogP contribution in [0.2, 0.25) is 0 Å². The lowest BCUT2D eigenvalue weighted by Gasteiger charge is -2.04. The summed E-state index contributed by atoms with van der Waals surface area (Å²) in [6, 6.07) is 10.7. The first-order chi connectivity index (χ1) is 6.77. The van der Waals surface area contributed by atoms with Crippen LogP contribution in [0.5, 0.6) is 0 Å². The third-order valence-electron chi connectivity index (χ3n) is 1.89. The highest BCUT2D eigenvalue weighted by molar-refractivity contribution is 5.44. The fourth-order valence-corrected chi connectivity index (χ4v) is 1.19. The van der Waals surface area contributed by atoms with Crippen LogP contribution in [0, 0.1) is 5.41 Å². The van der Waals surface area contributed by atoms with E-state index in [4.69, 9.17) is 11.1 Å². The second-order valence-corrected chi connectivity index (χ2v) is 2.91. The van der Waals surface area contributed by atoms with E-state index in [2.05, 4.69) is 5.10 Å². The van der Waals surface area contributed by atoms with Crippen molar-refractivity contribution in [2.45, 2.75) is 0 Å². The lowest BCUT2D eigenvalue weighted by Crippen LogP contribution is -2.19. The Morgan fingerprint density at radius 3 is 2.50 bits per heavy atom. The van der Waals surface area contributed by atoms with Crippen LogP contribution >= 0.6 is 0 Å². The van der Waals surface area contributed by atoms with Crippen molar-refractivity contribution in [3.63, 3.8) is 0 Å². The number of hydrogen-bond donors (Lipinski definition) is 2. The highest BCUT2D eigenvalue weighted by Crippen LogP contribution is 2.06. The van der Waals surface area contributed by atoms with E-state index in [1.807, 2.05) is 12.1 Å². The normalized spacial score (nSPS) is 10.0. The number of benzene rings is 1. The van der Waals surface area contributed by atoms with Crippen LogP contribution in [-0.4, -0.2) is 9.78 Å².